The molecule has 1 aromatic heterocycles. The number of aromatic nitrogens is 2. The molecule has 23 heavy (non-hydrogen) atoms. The van der Waals surface area contributed by atoms with E-state index in [2.05, 4.69) is 9.97 Å². The first-order chi connectivity index (χ1) is 10.7. The normalized spacial score (nSPS) is 30.0. The molecule has 2 aliphatic heterocycles. The summed E-state index contributed by atoms with van der Waals surface area (Å²) in [5.74, 6) is -0.0525. The van der Waals surface area contributed by atoms with Crippen LogP contribution in [0.3, 0.4) is 0 Å². The predicted molar refractivity (Wildman–Crippen MR) is 86.3 cm³/mol. The summed E-state index contributed by atoms with van der Waals surface area (Å²) < 4.78 is 0. The molecule has 9 heteroatoms. The van der Waals surface area contributed by atoms with Gasteiger partial charge in [0, 0.05) is 25.0 Å². The minimum absolute atomic E-state index is 0.0515. The average molecular weight is 358 g/mol. The van der Waals surface area contributed by atoms with Gasteiger partial charge in [0.05, 0.1) is 18.2 Å². The Hall–Kier alpha value is -1.60. The Balaban J connectivity index is 1.91. The molecule has 0 bridgehead atoms. The standard InChI is InChI=1S/C14H17Cl2N5O2/c1-13-5-20(4-9(17)22)11(23)14(13,2)7-21(6-13)10-8(15)3-18-12(16)19-10/h3H,4-7H2,1-2H3,(H2,17,22)/t13-,14-/m0/s1. The number of halogens is 2. The molecule has 0 aliphatic carbocycles. The highest BCUT2D eigenvalue weighted by molar-refractivity contribution is 6.33. The van der Waals surface area contributed by atoms with E-state index in [0.29, 0.717) is 30.5 Å². The van der Waals surface area contributed by atoms with Gasteiger partial charge in [0.15, 0.2) is 5.82 Å². The molecule has 0 aromatic carbocycles. The minimum atomic E-state index is -0.636. The zero-order chi connectivity index (χ0) is 17.0. The summed E-state index contributed by atoms with van der Waals surface area (Å²) in [4.78, 5) is 35.5. The van der Waals surface area contributed by atoms with Crippen LogP contribution in [0.5, 0.6) is 0 Å². The number of nitrogens with two attached hydrogens (primary N) is 1. The summed E-state index contributed by atoms with van der Waals surface area (Å²) in [5.41, 5.74) is 4.26. The van der Waals surface area contributed by atoms with Crippen molar-refractivity contribution in [3.63, 3.8) is 0 Å². The largest absolute Gasteiger partial charge is 0.368 e. The van der Waals surface area contributed by atoms with Crippen LogP contribution >= 0.6 is 23.2 Å². The molecule has 2 fully saturated rings. The van der Waals surface area contributed by atoms with Crippen LogP contribution in [0.4, 0.5) is 5.82 Å². The third kappa shape index (κ3) is 2.42. The maximum Gasteiger partial charge on any atom is 0.237 e. The molecule has 2 atom stereocenters. The molecule has 2 aliphatic rings. The molecule has 2 saturated heterocycles. The van der Waals surface area contributed by atoms with Gasteiger partial charge in [-0.3, -0.25) is 9.59 Å². The van der Waals surface area contributed by atoms with E-state index in [1.54, 1.807) is 0 Å². The third-order valence-electron chi connectivity index (χ3n) is 5.02. The molecule has 1 aromatic rings. The van der Waals surface area contributed by atoms with Crippen LogP contribution in [0, 0.1) is 10.8 Å². The van der Waals surface area contributed by atoms with E-state index >= 15 is 0 Å². The minimum Gasteiger partial charge on any atom is -0.368 e. The molecular weight excluding hydrogens is 341 g/mol. The number of rotatable bonds is 3. The summed E-state index contributed by atoms with van der Waals surface area (Å²) in [6.07, 6.45) is 1.45. The Morgan fingerprint density at radius 3 is 2.65 bits per heavy atom. The molecule has 0 saturated carbocycles. The fraction of sp³-hybridized carbons (Fsp3) is 0.571. The maximum absolute atomic E-state index is 12.8. The molecule has 0 unspecified atom stereocenters. The number of anilines is 1. The van der Waals surface area contributed by atoms with E-state index in [4.69, 9.17) is 28.9 Å². The summed E-state index contributed by atoms with van der Waals surface area (Å²) in [5, 5.41) is 0.501. The molecule has 0 spiro atoms. The van der Waals surface area contributed by atoms with Crippen molar-refractivity contribution in [1.29, 1.82) is 0 Å². The number of carbonyl (C=O) groups excluding carboxylic acids is 2. The lowest BCUT2D eigenvalue weighted by atomic mass is 9.70. The van der Waals surface area contributed by atoms with Crippen molar-refractivity contribution in [2.75, 3.05) is 31.1 Å². The first kappa shape index (κ1) is 16.3. The SMILES string of the molecule is C[C@@]12CN(CC(N)=O)C(=O)[C@]1(C)CN(c1nc(Cl)ncc1Cl)C2. The summed E-state index contributed by atoms with van der Waals surface area (Å²) in [7, 11) is 0. The fourth-order valence-corrected chi connectivity index (χ4v) is 3.98. The van der Waals surface area contributed by atoms with Gasteiger partial charge in [-0.05, 0) is 18.5 Å². The van der Waals surface area contributed by atoms with Gasteiger partial charge in [0.1, 0.15) is 5.02 Å². The van der Waals surface area contributed by atoms with Crippen molar-refractivity contribution in [2.24, 2.45) is 16.6 Å². The molecule has 2 N–H and O–H groups in total. The van der Waals surface area contributed by atoms with Gasteiger partial charge in [-0.1, -0.05) is 18.5 Å². The van der Waals surface area contributed by atoms with Gasteiger partial charge in [-0.2, -0.15) is 4.98 Å². The highest BCUT2D eigenvalue weighted by atomic mass is 35.5. The average Bonchev–Trinajstić information content (AvgIpc) is 2.80. The number of hydrogen-bond acceptors (Lipinski definition) is 5. The number of fused-ring (bicyclic) bond motifs is 1. The van der Waals surface area contributed by atoms with Crippen LogP contribution < -0.4 is 10.6 Å². The van der Waals surface area contributed by atoms with E-state index < -0.39 is 11.3 Å². The van der Waals surface area contributed by atoms with Gasteiger partial charge in [-0.25, -0.2) is 4.98 Å². The molecule has 2 amide bonds. The first-order valence-corrected chi connectivity index (χ1v) is 7.92. The zero-order valence-corrected chi connectivity index (χ0v) is 14.4. The Labute approximate surface area is 143 Å². The van der Waals surface area contributed by atoms with Crippen LogP contribution in [-0.2, 0) is 9.59 Å². The quantitative estimate of drug-likeness (QED) is 0.812. The van der Waals surface area contributed by atoms with Gasteiger partial charge < -0.3 is 15.5 Å². The Morgan fingerprint density at radius 1 is 1.35 bits per heavy atom. The van der Waals surface area contributed by atoms with Crippen LogP contribution in [0.25, 0.3) is 0 Å². The smallest absolute Gasteiger partial charge is 0.237 e. The van der Waals surface area contributed by atoms with Gasteiger partial charge in [0.2, 0.25) is 17.1 Å². The molecule has 3 heterocycles. The monoisotopic (exact) mass is 357 g/mol. The number of likely N-dealkylation sites (tertiary alicyclic amines) is 1. The van der Waals surface area contributed by atoms with Crippen molar-refractivity contribution in [3.8, 4) is 0 Å². The van der Waals surface area contributed by atoms with Crippen LogP contribution in [0.2, 0.25) is 10.3 Å². The van der Waals surface area contributed by atoms with Crippen LogP contribution in [-0.4, -0.2) is 52.9 Å². The second-order valence-electron chi connectivity index (χ2n) is 6.69. The molecule has 7 nitrogen and oxygen atoms in total. The predicted octanol–water partition coefficient (Wildman–Crippen LogP) is 0.944. The van der Waals surface area contributed by atoms with E-state index in [-0.39, 0.29) is 23.2 Å². The van der Waals surface area contributed by atoms with Gasteiger partial charge in [-0.15, -0.1) is 0 Å². The van der Waals surface area contributed by atoms with Crippen molar-refractivity contribution in [3.05, 3.63) is 16.5 Å². The number of amides is 2. The van der Waals surface area contributed by atoms with Crippen molar-refractivity contribution < 1.29 is 9.59 Å². The van der Waals surface area contributed by atoms with Crippen LogP contribution in [0.15, 0.2) is 6.20 Å². The number of hydrogen-bond donors (Lipinski definition) is 1. The molecule has 3 rings (SSSR count). The van der Waals surface area contributed by atoms with E-state index in [1.807, 2.05) is 18.7 Å². The maximum atomic E-state index is 12.8. The topological polar surface area (TPSA) is 92.4 Å². The van der Waals surface area contributed by atoms with Crippen molar-refractivity contribution in [2.45, 2.75) is 13.8 Å². The van der Waals surface area contributed by atoms with Crippen molar-refractivity contribution in [1.82, 2.24) is 14.9 Å². The summed E-state index contributed by atoms with van der Waals surface area (Å²) in [6.45, 7) is 5.39. The first-order valence-electron chi connectivity index (χ1n) is 7.17. The van der Waals surface area contributed by atoms with Crippen LogP contribution in [0.1, 0.15) is 13.8 Å². The summed E-state index contributed by atoms with van der Waals surface area (Å²) in [6, 6.07) is 0. The number of nitrogens with zero attached hydrogens (tertiary/aromatic N) is 4. The number of primary amides is 1. The lowest BCUT2D eigenvalue weighted by molar-refractivity contribution is -0.138. The number of carbonyl (C=O) groups is 2. The second kappa shape index (κ2) is 5.21. The lowest BCUT2D eigenvalue weighted by Crippen LogP contribution is -2.41. The summed E-state index contributed by atoms with van der Waals surface area (Å²) >= 11 is 12.0. The Morgan fingerprint density at radius 2 is 2.04 bits per heavy atom. The van der Waals surface area contributed by atoms with Gasteiger partial charge in [0.25, 0.3) is 0 Å². The highest BCUT2D eigenvalue weighted by Crippen LogP contribution is 2.53. The Kier molecular flexibility index (Phi) is 3.68. The fourth-order valence-electron chi connectivity index (χ4n) is 3.64. The van der Waals surface area contributed by atoms with Crippen molar-refractivity contribution >= 4 is 40.8 Å². The lowest BCUT2D eigenvalue weighted by Gasteiger charge is -2.28. The molecule has 124 valence electrons. The highest BCUT2D eigenvalue weighted by Gasteiger charge is 2.63. The van der Waals surface area contributed by atoms with Gasteiger partial charge >= 0.3 is 0 Å². The zero-order valence-electron chi connectivity index (χ0n) is 12.8. The third-order valence-corrected chi connectivity index (χ3v) is 5.47. The van der Waals surface area contributed by atoms with E-state index in [1.165, 1.54) is 11.1 Å². The second-order valence-corrected chi connectivity index (χ2v) is 7.43. The van der Waals surface area contributed by atoms with E-state index in [0.717, 1.165) is 0 Å². The molecule has 0 radical (unpaired) electrons. The Bertz CT molecular complexity index is 700. The molecular formula is C14H17Cl2N5O2. The van der Waals surface area contributed by atoms with E-state index in [9.17, 15) is 9.59 Å².